The number of ether oxygens (including phenoxy) is 2. The van der Waals surface area contributed by atoms with E-state index >= 15 is 0 Å². The van der Waals surface area contributed by atoms with Gasteiger partial charge < -0.3 is 14.8 Å². The molecule has 0 aliphatic carbocycles. The molecular weight excluding hydrogens is 335 g/mol. The quantitative estimate of drug-likeness (QED) is 0.830. The SMILES string of the molecule is CC(C)OC(=O)c1cc(C(F)(F)F)ccc1O[C@H]1C[C@H]2CC[C@@H](C1)N2. The molecule has 0 radical (unpaired) electrons. The predicted octanol–water partition coefficient (Wildman–Crippen LogP) is 3.93. The maximum Gasteiger partial charge on any atom is 0.416 e. The average molecular weight is 357 g/mol. The van der Waals surface area contributed by atoms with E-state index in [1.54, 1.807) is 13.8 Å². The number of fused-ring (bicyclic) bond motifs is 2. The fourth-order valence-electron chi connectivity index (χ4n) is 3.53. The van der Waals surface area contributed by atoms with Crippen molar-refractivity contribution in [3.63, 3.8) is 0 Å². The molecule has 25 heavy (non-hydrogen) atoms. The topological polar surface area (TPSA) is 47.6 Å². The highest BCUT2D eigenvalue weighted by molar-refractivity contribution is 5.93. The molecule has 4 nitrogen and oxygen atoms in total. The van der Waals surface area contributed by atoms with Crippen LogP contribution in [-0.2, 0) is 10.9 Å². The summed E-state index contributed by atoms with van der Waals surface area (Å²) in [6.07, 6.45) is -1.32. The normalized spacial score (nSPS) is 25.9. The van der Waals surface area contributed by atoms with Gasteiger partial charge in [-0.05, 0) is 57.7 Å². The molecule has 3 atom stereocenters. The van der Waals surface area contributed by atoms with Gasteiger partial charge in [-0.2, -0.15) is 13.2 Å². The van der Waals surface area contributed by atoms with Crippen LogP contribution in [-0.4, -0.2) is 30.3 Å². The summed E-state index contributed by atoms with van der Waals surface area (Å²) in [5.74, 6) is -0.641. The van der Waals surface area contributed by atoms with Gasteiger partial charge in [-0.1, -0.05) is 0 Å². The molecule has 2 fully saturated rings. The van der Waals surface area contributed by atoms with Crippen LogP contribution in [0.5, 0.6) is 5.75 Å². The molecule has 0 amide bonds. The van der Waals surface area contributed by atoms with E-state index < -0.39 is 23.8 Å². The predicted molar refractivity (Wildman–Crippen MR) is 85.6 cm³/mol. The van der Waals surface area contributed by atoms with E-state index in [0.29, 0.717) is 12.1 Å². The highest BCUT2D eigenvalue weighted by Crippen LogP contribution is 2.35. The zero-order chi connectivity index (χ0) is 18.2. The first kappa shape index (κ1) is 18.0. The molecule has 2 heterocycles. The van der Waals surface area contributed by atoms with E-state index in [0.717, 1.165) is 37.8 Å². The molecule has 0 aromatic heterocycles. The lowest BCUT2D eigenvalue weighted by Crippen LogP contribution is -2.42. The third-order valence-electron chi connectivity index (χ3n) is 4.59. The Balaban J connectivity index is 1.85. The van der Waals surface area contributed by atoms with Gasteiger partial charge >= 0.3 is 12.1 Å². The minimum Gasteiger partial charge on any atom is -0.489 e. The van der Waals surface area contributed by atoms with Crippen LogP contribution in [0.4, 0.5) is 13.2 Å². The van der Waals surface area contributed by atoms with Crippen molar-refractivity contribution in [2.75, 3.05) is 0 Å². The molecule has 0 spiro atoms. The number of carbonyl (C=O) groups is 1. The van der Waals surface area contributed by atoms with E-state index in [-0.39, 0.29) is 17.4 Å². The molecule has 2 aliphatic heterocycles. The van der Waals surface area contributed by atoms with E-state index in [4.69, 9.17) is 9.47 Å². The molecule has 0 saturated carbocycles. The lowest BCUT2D eigenvalue weighted by Gasteiger charge is -2.30. The molecule has 2 saturated heterocycles. The minimum absolute atomic E-state index is 0.110. The third-order valence-corrected chi connectivity index (χ3v) is 4.59. The Morgan fingerprint density at radius 2 is 1.84 bits per heavy atom. The number of hydrogen-bond donors (Lipinski definition) is 1. The van der Waals surface area contributed by atoms with Crippen LogP contribution in [0.25, 0.3) is 0 Å². The lowest BCUT2D eigenvalue weighted by molar-refractivity contribution is -0.137. The van der Waals surface area contributed by atoms with Gasteiger partial charge in [0, 0.05) is 12.1 Å². The zero-order valence-electron chi connectivity index (χ0n) is 14.2. The average Bonchev–Trinajstić information content (AvgIpc) is 2.84. The first-order chi connectivity index (χ1) is 11.7. The summed E-state index contributed by atoms with van der Waals surface area (Å²) >= 11 is 0. The monoisotopic (exact) mass is 357 g/mol. The fraction of sp³-hybridized carbons (Fsp3) is 0.611. The Bertz CT molecular complexity index is 633. The maximum absolute atomic E-state index is 13.0. The smallest absolute Gasteiger partial charge is 0.416 e. The van der Waals surface area contributed by atoms with Crippen LogP contribution >= 0.6 is 0 Å². The van der Waals surface area contributed by atoms with Gasteiger partial charge in [0.25, 0.3) is 0 Å². The Morgan fingerprint density at radius 3 is 2.40 bits per heavy atom. The number of halogens is 3. The lowest BCUT2D eigenvalue weighted by atomic mass is 10.0. The number of alkyl halides is 3. The van der Waals surface area contributed by atoms with Crippen LogP contribution in [0.2, 0.25) is 0 Å². The molecule has 0 unspecified atom stereocenters. The second-order valence-corrected chi connectivity index (χ2v) is 7.01. The summed E-state index contributed by atoms with van der Waals surface area (Å²) in [6.45, 7) is 3.30. The van der Waals surface area contributed by atoms with Crippen LogP contribution in [0, 0.1) is 0 Å². The van der Waals surface area contributed by atoms with E-state index in [9.17, 15) is 18.0 Å². The Kier molecular flexibility index (Phi) is 4.95. The summed E-state index contributed by atoms with van der Waals surface area (Å²) in [7, 11) is 0. The summed E-state index contributed by atoms with van der Waals surface area (Å²) in [4.78, 5) is 12.3. The highest BCUT2D eigenvalue weighted by Gasteiger charge is 2.36. The van der Waals surface area contributed by atoms with Crippen molar-refractivity contribution in [3.8, 4) is 5.75 Å². The van der Waals surface area contributed by atoms with Crippen LogP contribution in [0.15, 0.2) is 18.2 Å². The van der Waals surface area contributed by atoms with Gasteiger partial charge in [0.2, 0.25) is 0 Å². The molecule has 3 rings (SSSR count). The van der Waals surface area contributed by atoms with Gasteiger partial charge in [-0.25, -0.2) is 4.79 Å². The van der Waals surface area contributed by atoms with E-state index in [1.165, 1.54) is 6.07 Å². The van der Waals surface area contributed by atoms with Crippen molar-refractivity contribution in [1.29, 1.82) is 0 Å². The highest BCUT2D eigenvalue weighted by atomic mass is 19.4. The molecule has 1 N–H and O–H groups in total. The van der Waals surface area contributed by atoms with E-state index in [2.05, 4.69) is 5.32 Å². The first-order valence-corrected chi connectivity index (χ1v) is 8.57. The van der Waals surface area contributed by atoms with Crippen molar-refractivity contribution >= 4 is 5.97 Å². The van der Waals surface area contributed by atoms with Crippen molar-refractivity contribution < 1.29 is 27.4 Å². The number of carbonyl (C=O) groups excluding carboxylic acids is 1. The number of hydrogen-bond acceptors (Lipinski definition) is 4. The molecule has 1 aromatic carbocycles. The number of rotatable bonds is 4. The third kappa shape index (κ3) is 4.26. The molecule has 138 valence electrons. The molecule has 7 heteroatoms. The fourth-order valence-corrected chi connectivity index (χ4v) is 3.53. The second-order valence-electron chi connectivity index (χ2n) is 7.01. The zero-order valence-corrected chi connectivity index (χ0v) is 14.2. The standard InChI is InChI=1S/C18H22F3NO3/c1-10(2)24-17(23)15-7-11(18(19,20)21)3-6-16(15)25-14-8-12-4-5-13(9-14)22-12/h3,6-7,10,12-14,22H,4-5,8-9H2,1-2H3/t12-,13+,14+. The van der Waals surface area contributed by atoms with Gasteiger partial charge in [0.05, 0.1) is 11.7 Å². The van der Waals surface area contributed by atoms with E-state index in [1.807, 2.05) is 0 Å². The second kappa shape index (κ2) is 6.86. The molecule has 2 aliphatic rings. The Morgan fingerprint density at radius 1 is 1.20 bits per heavy atom. The van der Waals surface area contributed by atoms with Crippen molar-refractivity contribution in [2.45, 2.75) is 70.0 Å². The van der Waals surface area contributed by atoms with Crippen molar-refractivity contribution in [1.82, 2.24) is 5.32 Å². The number of piperidine rings is 1. The number of esters is 1. The minimum atomic E-state index is -4.53. The van der Waals surface area contributed by atoms with Crippen LogP contribution in [0.3, 0.4) is 0 Å². The van der Waals surface area contributed by atoms with Gasteiger partial charge in [0.15, 0.2) is 0 Å². The maximum atomic E-state index is 13.0. The number of benzene rings is 1. The van der Waals surface area contributed by atoms with Crippen LogP contribution < -0.4 is 10.1 Å². The van der Waals surface area contributed by atoms with Gasteiger partial charge in [-0.3, -0.25) is 0 Å². The van der Waals surface area contributed by atoms with Gasteiger partial charge in [0.1, 0.15) is 17.4 Å². The molecular formula is C18H22F3NO3. The van der Waals surface area contributed by atoms with Crippen LogP contribution in [0.1, 0.15) is 55.5 Å². The summed E-state index contributed by atoms with van der Waals surface area (Å²) in [5.41, 5.74) is -1.06. The summed E-state index contributed by atoms with van der Waals surface area (Å²) in [6, 6.07) is 3.74. The van der Waals surface area contributed by atoms with Crippen molar-refractivity contribution in [2.24, 2.45) is 0 Å². The summed E-state index contributed by atoms with van der Waals surface area (Å²) < 4.78 is 50.0. The van der Waals surface area contributed by atoms with Gasteiger partial charge in [-0.15, -0.1) is 0 Å². The first-order valence-electron chi connectivity index (χ1n) is 8.57. The Hall–Kier alpha value is -1.76. The molecule has 2 bridgehead atoms. The Labute approximate surface area is 144 Å². The largest absolute Gasteiger partial charge is 0.489 e. The van der Waals surface area contributed by atoms with Crippen molar-refractivity contribution in [3.05, 3.63) is 29.3 Å². The summed E-state index contributed by atoms with van der Waals surface area (Å²) in [5, 5.41) is 3.48. The molecule has 1 aromatic rings. The number of nitrogens with one attached hydrogen (secondary N) is 1.